The summed E-state index contributed by atoms with van der Waals surface area (Å²) in [5.41, 5.74) is 2.16. The Morgan fingerprint density at radius 2 is 2.29 bits per heavy atom. The quantitative estimate of drug-likeness (QED) is 0.939. The number of pyridine rings is 1. The van der Waals surface area contributed by atoms with Gasteiger partial charge in [0, 0.05) is 6.20 Å². The number of furan rings is 1. The predicted octanol–water partition coefficient (Wildman–Crippen LogP) is 3.44. The Bertz CT molecular complexity index is 496. The van der Waals surface area contributed by atoms with Crippen LogP contribution in [0.5, 0.6) is 0 Å². The topological polar surface area (TPSA) is 38.1 Å². The average Bonchev–Trinajstić information content (AvgIpc) is 2.74. The number of hydrogen-bond acceptors (Lipinski definition) is 3. The molecule has 0 aliphatic heterocycles. The molecule has 1 atom stereocenters. The maximum Gasteiger partial charge on any atom is 0.140 e. The monoisotopic (exact) mass is 294 g/mol. The van der Waals surface area contributed by atoms with E-state index in [4.69, 9.17) is 4.42 Å². The predicted molar refractivity (Wildman–Crippen MR) is 70.9 cm³/mol. The number of hydrogen-bond donors (Lipinski definition) is 1. The first-order valence-electron chi connectivity index (χ1n) is 5.61. The van der Waals surface area contributed by atoms with E-state index in [-0.39, 0.29) is 6.04 Å². The van der Waals surface area contributed by atoms with Gasteiger partial charge in [-0.25, -0.2) is 0 Å². The molecule has 0 amide bonds. The van der Waals surface area contributed by atoms with Gasteiger partial charge in [-0.3, -0.25) is 4.98 Å². The van der Waals surface area contributed by atoms with Crippen molar-refractivity contribution in [2.75, 3.05) is 6.54 Å². The first-order chi connectivity index (χ1) is 8.24. The SMILES string of the molecule is CCNC(c1ncccc1C)c1occc1Br. The average molecular weight is 295 g/mol. The Morgan fingerprint density at radius 3 is 2.88 bits per heavy atom. The Hall–Kier alpha value is -1.13. The summed E-state index contributed by atoms with van der Waals surface area (Å²) in [5, 5.41) is 3.40. The van der Waals surface area contributed by atoms with E-state index >= 15 is 0 Å². The zero-order valence-corrected chi connectivity index (χ0v) is 11.5. The van der Waals surface area contributed by atoms with Gasteiger partial charge in [-0.1, -0.05) is 13.0 Å². The van der Waals surface area contributed by atoms with E-state index in [1.165, 1.54) is 0 Å². The van der Waals surface area contributed by atoms with Crippen molar-refractivity contribution in [3.63, 3.8) is 0 Å². The lowest BCUT2D eigenvalue weighted by molar-refractivity contribution is 0.444. The van der Waals surface area contributed by atoms with Crippen LogP contribution in [-0.4, -0.2) is 11.5 Å². The van der Waals surface area contributed by atoms with Crippen molar-refractivity contribution in [1.82, 2.24) is 10.3 Å². The largest absolute Gasteiger partial charge is 0.466 e. The molecule has 0 fully saturated rings. The Labute approximate surface area is 109 Å². The molecule has 0 saturated heterocycles. The Balaban J connectivity index is 2.43. The number of nitrogens with one attached hydrogen (secondary N) is 1. The van der Waals surface area contributed by atoms with Gasteiger partial charge in [0.25, 0.3) is 0 Å². The maximum absolute atomic E-state index is 5.54. The number of nitrogens with zero attached hydrogens (tertiary/aromatic N) is 1. The normalized spacial score (nSPS) is 12.6. The van der Waals surface area contributed by atoms with Crippen molar-refractivity contribution >= 4 is 15.9 Å². The molecule has 0 saturated carbocycles. The highest BCUT2D eigenvalue weighted by atomic mass is 79.9. The first-order valence-corrected chi connectivity index (χ1v) is 6.41. The summed E-state index contributed by atoms with van der Waals surface area (Å²) in [4.78, 5) is 4.45. The molecule has 0 radical (unpaired) electrons. The maximum atomic E-state index is 5.54. The molecule has 1 N–H and O–H groups in total. The summed E-state index contributed by atoms with van der Waals surface area (Å²) in [6.07, 6.45) is 3.49. The highest BCUT2D eigenvalue weighted by Gasteiger charge is 2.21. The number of halogens is 1. The highest BCUT2D eigenvalue weighted by Crippen LogP contribution is 2.29. The third kappa shape index (κ3) is 2.58. The van der Waals surface area contributed by atoms with Gasteiger partial charge in [-0.05, 0) is 47.1 Å². The van der Waals surface area contributed by atoms with Crippen molar-refractivity contribution in [2.45, 2.75) is 19.9 Å². The third-order valence-electron chi connectivity index (χ3n) is 2.64. The number of aromatic nitrogens is 1. The van der Waals surface area contributed by atoms with Gasteiger partial charge in [0.05, 0.1) is 16.4 Å². The molecule has 0 bridgehead atoms. The summed E-state index contributed by atoms with van der Waals surface area (Å²) in [6, 6.07) is 5.89. The number of aryl methyl sites for hydroxylation is 1. The minimum absolute atomic E-state index is 0.00873. The Kier molecular flexibility index (Phi) is 3.97. The van der Waals surface area contributed by atoms with E-state index in [2.05, 4.69) is 46.1 Å². The van der Waals surface area contributed by atoms with Gasteiger partial charge in [-0.2, -0.15) is 0 Å². The molecule has 0 aromatic carbocycles. The smallest absolute Gasteiger partial charge is 0.140 e. The summed E-state index contributed by atoms with van der Waals surface area (Å²) < 4.78 is 6.51. The lowest BCUT2D eigenvalue weighted by Crippen LogP contribution is -2.23. The van der Waals surface area contributed by atoms with Crippen LogP contribution in [0.3, 0.4) is 0 Å². The third-order valence-corrected chi connectivity index (χ3v) is 3.29. The molecular weight excluding hydrogens is 280 g/mol. The van der Waals surface area contributed by atoms with Gasteiger partial charge in [-0.15, -0.1) is 0 Å². The van der Waals surface area contributed by atoms with E-state index in [9.17, 15) is 0 Å². The van der Waals surface area contributed by atoms with Crippen LogP contribution in [0.4, 0.5) is 0 Å². The van der Waals surface area contributed by atoms with E-state index in [1.807, 2.05) is 18.3 Å². The summed E-state index contributed by atoms with van der Waals surface area (Å²) in [5.74, 6) is 0.869. The number of rotatable bonds is 4. The van der Waals surface area contributed by atoms with Gasteiger partial charge in [0.2, 0.25) is 0 Å². The van der Waals surface area contributed by atoms with Crippen LogP contribution in [0.2, 0.25) is 0 Å². The molecule has 3 nitrogen and oxygen atoms in total. The van der Waals surface area contributed by atoms with Crippen LogP contribution >= 0.6 is 15.9 Å². The fraction of sp³-hybridized carbons (Fsp3) is 0.308. The van der Waals surface area contributed by atoms with E-state index < -0.39 is 0 Å². The second kappa shape index (κ2) is 5.47. The van der Waals surface area contributed by atoms with Crippen molar-refractivity contribution in [1.29, 1.82) is 0 Å². The van der Waals surface area contributed by atoms with Crippen LogP contribution in [0.25, 0.3) is 0 Å². The lowest BCUT2D eigenvalue weighted by atomic mass is 10.1. The molecule has 2 aromatic heterocycles. The molecule has 2 aromatic rings. The van der Waals surface area contributed by atoms with Gasteiger partial charge < -0.3 is 9.73 Å². The van der Waals surface area contributed by atoms with E-state index in [1.54, 1.807) is 6.26 Å². The van der Waals surface area contributed by atoms with Crippen LogP contribution in [-0.2, 0) is 0 Å². The van der Waals surface area contributed by atoms with Gasteiger partial charge >= 0.3 is 0 Å². The van der Waals surface area contributed by atoms with Crippen LogP contribution in [0.15, 0.2) is 39.5 Å². The molecule has 2 rings (SSSR count). The van der Waals surface area contributed by atoms with Crippen molar-refractivity contribution in [3.05, 3.63) is 52.1 Å². The molecule has 17 heavy (non-hydrogen) atoms. The molecule has 90 valence electrons. The molecular formula is C13H15BrN2O. The van der Waals surface area contributed by atoms with Crippen molar-refractivity contribution in [2.24, 2.45) is 0 Å². The minimum atomic E-state index is -0.00873. The molecule has 0 spiro atoms. The van der Waals surface area contributed by atoms with Crippen LogP contribution in [0, 0.1) is 6.92 Å². The zero-order valence-electron chi connectivity index (χ0n) is 9.90. The first kappa shape index (κ1) is 12.3. The van der Waals surface area contributed by atoms with Crippen molar-refractivity contribution < 1.29 is 4.42 Å². The molecule has 0 aliphatic rings. The molecule has 4 heteroatoms. The van der Waals surface area contributed by atoms with E-state index in [0.29, 0.717) is 0 Å². The molecule has 0 aliphatic carbocycles. The summed E-state index contributed by atoms with van der Waals surface area (Å²) in [6.45, 7) is 4.99. The molecule has 2 heterocycles. The molecule has 1 unspecified atom stereocenters. The van der Waals surface area contributed by atoms with Gasteiger partial charge in [0.1, 0.15) is 11.8 Å². The second-order valence-corrected chi connectivity index (χ2v) is 4.68. The fourth-order valence-corrected chi connectivity index (χ4v) is 2.26. The summed E-state index contributed by atoms with van der Waals surface area (Å²) >= 11 is 3.50. The zero-order chi connectivity index (χ0) is 12.3. The Morgan fingerprint density at radius 1 is 1.47 bits per heavy atom. The standard InChI is InChI=1S/C13H15BrN2O/c1-3-15-12(13-10(14)6-8-17-13)11-9(2)5-4-7-16-11/h4-8,12,15H,3H2,1-2H3. The van der Waals surface area contributed by atoms with Crippen molar-refractivity contribution in [3.8, 4) is 0 Å². The minimum Gasteiger partial charge on any atom is -0.466 e. The second-order valence-electron chi connectivity index (χ2n) is 3.83. The summed E-state index contributed by atoms with van der Waals surface area (Å²) in [7, 11) is 0. The van der Waals surface area contributed by atoms with Crippen LogP contribution < -0.4 is 5.32 Å². The lowest BCUT2D eigenvalue weighted by Gasteiger charge is -2.17. The van der Waals surface area contributed by atoms with Crippen LogP contribution in [0.1, 0.15) is 30.0 Å². The highest BCUT2D eigenvalue weighted by molar-refractivity contribution is 9.10. The van der Waals surface area contributed by atoms with E-state index in [0.717, 1.165) is 28.0 Å². The fourth-order valence-electron chi connectivity index (χ4n) is 1.83. The van der Waals surface area contributed by atoms with Gasteiger partial charge in [0.15, 0.2) is 0 Å².